The van der Waals surface area contributed by atoms with E-state index in [0.29, 0.717) is 11.8 Å². The normalized spacial score (nSPS) is 25.1. The highest BCUT2D eigenvalue weighted by molar-refractivity contribution is 6.78. The maximum Gasteiger partial charge on any atom is 0.118 e. The van der Waals surface area contributed by atoms with E-state index in [9.17, 15) is 0 Å². The lowest BCUT2D eigenvalue weighted by Gasteiger charge is -2.11. The fourth-order valence-electron chi connectivity index (χ4n) is 1.82. The van der Waals surface area contributed by atoms with Crippen molar-refractivity contribution in [1.29, 1.82) is 0 Å². The second kappa shape index (κ2) is 3.65. The number of methoxy groups -OCH3 is 1. The molecule has 0 spiro atoms. The first-order chi connectivity index (χ1) is 7.02. The van der Waals surface area contributed by atoms with Crippen molar-refractivity contribution in [3.8, 4) is 5.75 Å². The van der Waals surface area contributed by atoms with Gasteiger partial charge in [0.15, 0.2) is 0 Å². The van der Waals surface area contributed by atoms with Gasteiger partial charge < -0.3 is 9.47 Å². The molecule has 15 heavy (non-hydrogen) atoms. The highest BCUT2D eigenvalue weighted by Gasteiger charge is 2.48. The summed E-state index contributed by atoms with van der Waals surface area (Å²) in [5.74, 6) is 0.906. The van der Waals surface area contributed by atoms with E-state index in [4.69, 9.17) is 9.47 Å². The van der Waals surface area contributed by atoms with Crippen molar-refractivity contribution < 1.29 is 9.47 Å². The molecule has 3 heteroatoms. The molecule has 1 saturated heterocycles. The molecule has 0 unspecified atom stereocenters. The summed E-state index contributed by atoms with van der Waals surface area (Å²) in [5, 5.41) is 0. The summed E-state index contributed by atoms with van der Waals surface area (Å²) in [5.41, 5.74) is 1.77. The third-order valence-electron chi connectivity index (χ3n) is 2.79. The molecule has 1 aromatic rings. The minimum Gasteiger partial charge on any atom is -0.497 e. The van der Waals surface area contributed by atoms with Gasteiger partial charge in [-0.2, -0.15) is 0 Å². The smallest absolute Gasteiger partial charge is 0.118 e. The summed E-state index contributed by atoms with van der Waals surface area (Å²) < 4.78 is 10.9. The zero-order valence-electron chi connectivity index (χ0n) is 9.78. The number of epoxide rings is 1. The van der Waals surface area contributed by atoms with Crippen molar-refractivity contribution in [2.24, 2.45) is 0 Å². The zero-order valence-corrected chi connectivity index (χ0v) is 10.8. The molecule has 0 aliphatic carbocycles. The van der Waals surface area contributed by atoms with E-state index in [1.165, 1.54) is 5.56 Å². The topological polar surface area (TPSA) is 21.8 Å². The van der Waals surface area contributed by atoms with E-state index in [2.05, 4.69) is 31.8 Å². The van der Waals surface area contributed by atoms with Gasteiger partial charge in [0.25, 0.3) is 0 Å². The fourth-order valence-corrected chi connectivity index (χ4v) is 3.47. The van der Waals surface area contributed by atoms with Gasteiger partial charge in [-0.05, 0) is 17.7 Å². The Kier molecular flexibility index (Phi) is 2.60. The number of ether oxygens (including phenoxy) is 2. The average molecular weight is 222 g/mol. The van der Waals surface area contributed by atoms with Crippen LogP contribution in [-0.2, 0) is 4.74 Å². The quantitative estimate of drug-likeness (QED) is 0.579. The van der Waals surface area contributed by atoms with Crippen molar-refractivity contribution in [2.75, 3.05) is 7.11 Å². The van der Waals surface area contributed by atoms with Crippen LogP contribution in [0.4, 0.5) is 0 Å². The van der Waals surface area contributed by atoms with E-state index in [-0.39, 0.29) is 0 Å². The highest BCUT2D eigenvalue weighted by Crippen LogP contribution is 2.44. The Balaban J connectivity index is 2.07. The lowest BCUT2D eigenvalue weighted by molar-refractivity contribution is 0.399. The Morgan fingerprint density at radius 1 is 1.13 bits per heavy atom. The summed E-state index contributed by atoms with van der Waals surface area (Å²) in [6.45, 7) is 7.05. The van der Waals surface area contributed by atoms with Crippen molar-refractivity contribution in [2.45, 2.75) is 31.5 Å². The molecule has 0 aromatic heterocycles. The van der Waals surface area contributed by atoms with Gasteiger partial charge in [0, 0.05) is 0 Å². The standard InChI is InChI=1S/C12H18O2Si/c1-13-10-7-5-9(6-8-10)11-12(14-11)15(2,3)4/h5-8,11-12H,1-4H3/t11-,12+/m0/s1. The summed E-state index contributed by atoms with van der Waals surface area (Å²) in [7, 11) is 0.543. The maximum absolute atomic E-state index is 5.76. The van der Waals surface area contributed by atoms with Crippen LogP contribution in [0.1, 0.15) is 11.7 Å². The summed E-state index contributed by atoms with van der Waals surface area (Å²) >= 11 is 0. The monoisotopic (exact) mass is 222 g/mol. The Morgan fingerprint density at radius 2 is 1.73 bits per heavy atom. The van der Waals surface area contributed by atoms with Crippen LogP contribution in [0.25, 0.3) is 0 Å². The Labute approximate surface area is 92.2 Å². The molecule has 1 aliphatic rings. The molecule has 0 bridgehead atoms. The molecule has 2 atom stereocenters. The second-order valence-corrected chi connectivity index (χ2v) is 10.4. The summed E-state index contributed by atoms with van der Waals surface area (Å²) in [6.07, 6.45) is 0.336. The van der Waals surface area contributed by atoms with Gasteiger partial charge in [0.05, 0.1) is 20.9 Å². The molecule has 2 nitrogen and oxygen atoms in total. The molecule has 82 valence electrons. The van der Waals surface area contributed by atoms with Crippen LogP contribution in [-0.4, -0.2) is 20.9 Å². The lowest BCUT2D eigenvalue weighted by atomic mass is 10.1. The van der Waals surface area contributed by atoms with Gasteiger partial charge in [0.2, 0.25) is 0 Å². The van der Waals surface area contributed by atoms with E-state index in [1.807, 2.05) is 12.1 Å². The average Bonchev–Trinajstić information content (AvgIpc) is 2.97. The third-order valence-corrected chi connectivity index (χ3v) is 4.94. The molecule has 2 rings (SSSR count). The Hall–Kier alpha value is -0.803. The first kappa shape index (κ1) is 10.7. The largest absolute Gasteiger partial charge is 0.497 e. The summed E-state index contributed by atoms with van der Waals surface area (Å²) in [6, 6.07) is 8.20. The first-order valence-corrected chi connectivity index (χ1v) is 8.89. The Bertz CT molecular complexity index is 340. The fraction of sp³-hybridized carbons (Fsp3) is 0.500. The molecule has 0 saturated carbocycles. The van der Waals surface area contributed by atoms with Crippen LogP contribution in [0, 0.1) is 0 Å². The number of hydrogen-bond acceptors (Lipinski definition) is 2. The van der Waals surface area contributed by atoms with Crippen molar-refractivity contribution in [3.05, 3.63) is 29.8 Å². The number of hydrogen-bond donors (Lipinski definition) is 0. The summed E-state index contributed by atoms with van der Waals surface area (Å²) in [4.78, 5) is 0. The van der Waals surface area contributed by atoms with E-state index >= 15 is 0 Å². The molecule has 0 radical (unpaired) electrons. The van der Waals surface area contributed by atoms with Crippen molar-refractivity contribution >= 4 is 8.07 Å². The van der Waals surface area contributed by atoms with Gasteiger partial charge in [-0.1, -0.05) is 31.8 Å². The highest BCUT2D eigenvalue weighted by atomic mass is 28.3. The minimum absolute atomic E-state index is 0.336. The molecule has 1 aromatic carbocycles. The van der Waals surface area contributed by atoms with Crippen LogP contribution in [0.15, 0.2) is 24.3 Å². The molecule has 0 amide bonds. The van der Waals surface area contributed by atoms with Crippen LogP contribution in [0.5, 0.6) is 5.75 Å². The predicted octanol–water partition coefficient (Wildman–Crippen LogP) is 3.01. The van der Waals surface area contributed by atoms with Crippen LogP contribution in [0.2, 0.25) is 19.6 Å². The van der Waals surface area contributed by atoms with Crippen molar-refractivity contribution in [3.63, 3.8) is 0 Å². The zero-order chi connectivity index (χ0) is 11.1. The van der Waals surface area contributed by atoms with Crippen LogP contribution in [0.3, 0.4) is 0 Å². The van der Waals surface area contributed by atoms with Gasteiger partial charge in [-0.3, -0.25) is 0 Å². The van der Waals surface area contributed by atoms with Crippen LogP contribution >= 0.6 is 0 Å². The molecular formula is C12H18O2Si. The van der Waals surface area contributed by atoms with Gasteiger partial charge >= 0.3 is 0 Å². The third kappa shape index (κ3) is 2.24. The van der Waals surface area contributed by atoms with Gasteiger partial charge in [-0.25, -0.2) is 0 Å². The Morgan fingerprint density at radius 3 is 2.13 bits per heavy atom. The maximum atomic E-state index is 5.76. The molecule has 1 fully saturated rings. The van der Waals surface area contributed by atoms with Gasteiger partial charge in [-0.15, -0.1) is 0 Å². The van der Waals surface area contributed by atoms with E-state index in [1.54, 1.807) is 7.11 Å². The van der Waals surface area contributed by atoms with Gasteiger partial charge in [0.1, 0.15) is 11.9 Å². The molecule has 0 N–H and O–H groups in total. The SMILES string of the molecule is COc1ccc([C@@H]2O[C@@H]2[Si](C)(C)C)cc1. The molecular weight excluding hydrogens is 204 g/mol. The molecule has 1 aliphatic heterocycles. The molecule has 1 heterocycles. The second-order valence-electron chi connectivity index (χ2n) is 5.12. The lowest BCUT2D eigenvalue weighted by Crippen LogP contribution is -2.29. The van der Waals surface area contributed by atoms with Crippen LogP contribution < -0.4 is 4.74 Å². The van der Waals surface area contributed by atoms with Crippen molar-refractivity contribution in [1.82, 2.24) is 0 Å². The van der Waals surface area contributed by atoms with E-state index in [0.717, 1.165) is 5.75 Å². The predicted molar refractivity (Wildman–Crippen MR) is 64.0 cm³/mol. The number of rotatable bonds is 3. The van der Waals surface area contributed by atoms with E-state index < -0.39 is 8.07 Å². The minimum atomic E-state index is -1.14. The first-order valence-electron chi connectivity index (χ1n) is 5.32. The number of benzene rings is 1.